The van der Waals surface area contributed by atoms with Crippen LogP contribution in [0.25, 0.3) is 82.8 Å². The number of hydrogen-bond acceptors (Lipinski definition) is 1. The summed E-state index contributed by atoms with van der Waals surface area (Å²) in [6.07, 6.45) is 0. The molecule has 2 nitrogen and oxygen atoms in total. The predicted molar refractivity (Wildman–Crippen MR) is 255 cm³/mol. The molecule has 0 aliphatic carbocycles. The van der Waals surface area contributed by atoms with E-state index in [1.807, 2.05) is 0 Å². The van der Waals surface area contributed by atoms with Gasteiger partial charge >= 0.3 is 0 Å². The van der Waals surface area contributed by atoms with Crippen LogP contribution >= 0.6 is 0 Å². The molecule has 0 spiro atoms. The van der Waals surface area contributed by atoms with Gasteiger partial charge in [-0.05, 0) is 117 Å². The minimum atomic E-state index is 1.12. The van der Waals surface area contributed by atoms with E-state index in [2.05, 4.69) is 252 Å². The van der Waals surface area contributed by atoms with Gasteiger partial charge in [-0.15, -0.1) is 0 Å². The van der Waals surface area contributed by atoms with E-state index in [9.17, 15) is 0 Å². The first-order chi connectivity index (χ1) is 29.7. The average molecular weight is 765 g/mol. The molecule has 11 aromatic rings. The van der Waals surface area contributed by atoms with Crippen LogP contribution in [0.4, 0.5) is 17.1 Å². The minimum Gasteiger partial charge on any atom is -0.310 e. The Balaban J connectivity index is 0.975. The van der Waals surface area contributed by atoms with Gasteiger partial charge in [-0.25, -0.2) is 0 Å². The van der Waals surface area contributed by atoms with Gasteiger partial charge in [-0.3, -0.25) is 0 Å². The van der Waals surface area contributed by atoms with E-state index in [1.165, 1.54) is 77.1 Å². The van der Waals surface area contributed by atoms with Crippen molar-refractivity contribution >= 4 is 49.6 Å². The van der Waals surface area contributed by atoms with Gasteiger partial charge in [0.25, 0.3) is 0 Å². The Morgan fingerprint density at radius 3 is 1.45 bits per heavy atom. The molecule has 1 heterocycles. The molecule has 1 aromatic heterocycles. The summed E-state index contributed by atoms with van der Waals surface area (Å²) in [6.45, 7) is 0. The van der Waals surface area contributed by atoms with E-state index in [0.29, 0.717) is 0 Å². The first-order valence-corrected chi connectivity index (χ1v) is 20.6. The normalized spacial score (nSPS) is 11.3. The Kier molecular flexibility index (Phi) is 8.87. The lowest BCUT2D eigenvalue weighted by atomic mass is 9.97. The van der Waals surface area contributed by atoms with Gasteiger partial charge in [-0.1, -0.05) is 176 Å². The highest BCUT2D eigenvalue weighted by Gasteiger charge is 2.18. The van der Waals surface area contributed by atoms with Crippen molar-refractivity contribution in [3.05, 3.63) is 243 Å². The standard InChI is InChI=1S/C58H40N2/c1-4-16-41(17-5-1)48-36-49(42-18-6-2-7-19-42)39-52(38-48)60-57-28-13-12-27-54(57)55-40-47(34-35-58(55)60)44-32-30-43(31-33-44)46-22-14-25-51(37-46)59(50-23-8-3-9-24-50)56-29-15-21-45-20-10-11-26-53(45)56/h1-40H. The van der Waals surface area contributed by atoms with Crippen molar-refractivity contribution in [1.29, 1.82) is 0 Å². The number of aromatic nitrogens is 1. The van der Waals surface area contributed by atoms with Crippen LogP contribution in [0.3, 0.4) is 0 Å². The van der Waals surface area contributed by atoms with Crippen LogP contribution in [-0.4, -0.2) is 4.57 Å². The van der Waals surface area contributed by atoms with Gasteiger partial charge in [0.05, 0.1) is 16.7 Å². The summed E-state index contributed by atoms with van der Waals surface area (Å²) in [5, 5.41) is 4.92. The summed E-state index contributed by atoms with van der Waals surface area (Å²) in [5.41, 5.74) is 16.4. The van der Waals surface area contributed by atoms with Crippen molar-refractivity contribution < 1.29 is 0 Å². The lowest BCUT2D eigenvalue weighted by Gasteiger charge is -2.27. The van der Waals surface area contributed by atoms with Crippen molar-refractivity contribution in [1.82, 2.24) is 4.57 Å². The van der Waals surface area contributed by atoms with Crippen LogP contribution in [-0.2, 0) is 0 Å². The summed E-state index contributed by atoms with van der Waals surface area (Å²) in [5.74, 6) is 0. The SMILES string of the molecule is c1ccc(-c2cc(-c3ccccc3)cc(-n3c4ccccc4c4cc(-c5ccc(-c6cccc(N(c7ccccc7)c7cccc8ccccc78)c6)cc5)ccc43)c2)cc1. The lowest BCUT2D eigenvalue weighted by Crippen LogP contribution is -2.10. The fourth-order valence-corrected chi connectivity index (χ4v) is 8.85. The average Bonchev–Trinajstić information content (AvgIpc) is 3.66. The van der Waals surface area contributed by atoms with Crippen molar-refractivity contribution in [2.24, 2.45) is 0 Å². The molecule has 10 aromatic carbocycles. The molecule has 0 aliphatic rings. The maximum Gasteiger partial charge on any atom is 0.0541 e. The molecule has 282 valence electrons. The van der Waals surface area contributed by atoms with E-state index in [1.54, 1.807) is 0 Å². The monoisotopic (exact) mass is 764 g/mol. The number of anilines is 3. The molecular formula is C58H40N2. The Morgan fingerprint density at radius 1 is 0.267 bits per heavy atom. The number of fused-ring (bicyclic) bond motifs is 4. The molecule has 0 N–H and O–H groups in total. The van der Waals surface area contributed by atoms with Crippen LogP contribution in [0.5, 0.6) is 0 Å². The summed E-state index contributed by atoms with van der Waals surface area (Å²) >= 11 is 0. The van der Waals surface area contributed by atoms with Crippen molar-refractivity contribution in [2.75, 3.05) is 4.90 Å². The highest BCUT2D eigenvalue weighted by Crippen LogP contribution is 2.41. The molecule has 0 saturated carbocycles. The van der Waals surface area contributed by atoms with Crippen LogP contribution in [0.2, 0.25) is 0 Å². The summed E-state index contributed by atoms with van der Waals surface area (Å²) < 4.78 is 2.43. The highest BCUT2D eigenvalue weighted by molar-refractivity contribution is 6.10. The maximum atomic E-state index is 2.43. The molecule has 0 amide bonds. The van der Waals surface area contributed by atoms with E-state index >= 15 is 0 Å². The molecule has 0 radical (unpaired) electrons. The second kappa shape index (κ2) is 15.1. The molecule has 11 rings (SSSR count). The topological polar surface area (TPSA) is 8.17 Å². The molecular weight excluding hydrogens is 725 g/mol. The molecule has 0 unspecified atom stereocenters. The van der Waals surface area contributed by atoms with Gasteiger partial charge in [0.1, 0.15) is 0 Å². The van der Waals surface area contributed by atoms with E-state index < -0.39 is 0 Å². The Hall–Kier alpha value is -7.94. The smallest absolute Gasteiger partial charge is 0.0541 e. The van der Waals surface area contributed by atoms with Crippen LogP contribution in [0.1, 0.15) is 0 Å². The van der Waals surface area contributed by atoms with Crippen molar-refractivity contribution in [3.8, 4) is 50.2 Å². The van der Waals surface area contributed by atoms with Gasteiger partial charge in [0, 0.05) is 33.2 Å². The molecule has 60 heavy (non-hydrogen) atoms. The van der Waals surface area contributed by atoms with Gasteiger partial charge in [0.2, 0.25) is 0 Å². The zero-order valence-electron chi connectivity index (χ0n) is 33.0. The maximum absolute atomic E-state index is 2.43. The second-order valence-electron chi connectivity index (χ2n) is 15.4. The van der Waals surface area contributed by atoms with Crippen LogP contribution < -0.4 is 4.90 Å². The molecule has 0 atom stereocenters. The number of benzene rings is 10. The number of rotatable bonds is 8. The zero-order valence-corrected chi connectivity index (χ0v) is 33.0. The molecule has 0 saturated heterocycles. The molecule has 0 fully saturated rings. The summed E-state index contributed by atoms with van der Waals surface area (Å²) in [4.78, 5) is 2.37. The Bertz CT molecular complexity index is 3230. The summed E-state index contributed by atoms with van der Waals surface area (Å²) in [7, 11) is 0. The van der Waals surface area contributed by atoms with Crippen LogP contribution in [0.15, 0.2) is 243 Å². The Morgan fingerprint density at radius 2 is 0.750 bits per heavy atom. The number of nitrogens with zero attached hydrogens (tertiary/aromatic N) is 2. The fraction of sp³-hybridized carbons (Fsp3) is 0. The third-order valence-corrected chi connectivity index (χ3v) is 11.7. The third kappa shape index (κ3) is 6.41. The number of para-hydroxylation sites is 2. The third-order valence-electron chi connectivity index (χ3n) is 11.7. The summed E-state index contributed by atoms with van der Waals surface area (Å²) in [6, 6.07) is 87.8. The van der Waals surface area contributed by atoms with E-state index in [4.69, 9.17) is 0 Å². The second-order valence-corrected chi connectivity index (χ2v) is 15.4. The van der Waals surface area contributed by atoms with Gasteiger partial charge in [-0.2, -0.15) is 0 Å². The Labute approximate surface area is 350 Å². The van der Waals surface area contributed by atoms with Gasteiger partial charge < -0.3 is 9.47 Å². The lowest BCUT2D eigenvalue weighted by molar-refractivity contribution is 1.18. The first kappa shape index (κ1) is 35.2. The zero-order chi connectivity index (χ0) is 39.8. The quantitative estimate of drug-likeness (QED) is 0.150. The van der Waals surface area contributed by atoms with Gasteiger partial charge in [0.15, 0.2) is 0 Å². The van der Waals surface area contributed by atoms with Crippen LogP contribution in [0, 0.1) is 0 Å². The fourth-order valence-electron chi connectivity index (χ4n) is 8.85. The minimum absolute atomic E-state index is 1.12. The van der Waals surface area contributed by atoms with Crippen molar-refractivity contribution in [3.63, 3.8) is 0 Å². The molecule has 0 aliphatic heterocycles. The molecule has 0 bridgehead atoms. The van der Waals surface area contributed by atoms with Crippen molar-refractivity contribution in [2.45, 2.75) is 0 Å². The number of hydrogen-bond donors (Lipinski definition) is 0. The van der Waals surface area contributed by atoms with E-state index in [-0.39, 0.29) is 0 Å². The molecule has 2 heteroatoms. The highest BCUT2D eigenvalue weighted by atomic mass is 15.1. The first-order valence-electron chi connectivity index (χ1n) is 20.6. The largest absolute Gasteiger partial charge is 0.310 e. The predicted octanol–water partition coefficient (Wildman–Crippen LogP) is 16.1. The van der Waals surface area contributed by atoms with E-state index in [0.717, 1.165) is 22.7 Å².